The normalized spacial score (nSPS) is 16.0. The molecule has 0 aliphatic heterocycles. The van der Waals surface area contributed by atoms with Gasteiger partial charge in [-0.05, 0) is 36.5 Å². The van der Waals surface area contributed by atoms with Gasteiger partial charge in [0.05, 0.1) is 5.69 Å². The predicted octanol–water partition coefficient (Wildman–Crippen LogP) is 1.83. The molecule has 5 nitrogen and oxygen atoms in total. The number of rotatable bonds is 6. The van der Waals surface area contributed by atoms with Crippen LogP contribution in [-0.4, -0.2) is 26.9 Å². The molecule has 2 N–H and O–H groups in total. The smallest absolute Gasteiger partial charge is 0.320 e. The number of hydrogen-bond donors (Lipinski definition) is 2. The highest BCUT2D eigenvalue weighted by atomic mass is 16.4. The van der Waals surface area contributed by atoms with Gasteiger partial charge in [-0.2, -0.15) is 5.10 Å². The summed E-state index contributed by atoms with van der Waals surface area (Å²) in [5, 5.41) is 16.6. The van der Waals surface area contributed by atoms with Gasteiger partial charge in [0.15, 0.2) is 0 Å². The molecule has 5 heteroatoms. The summed E-state index contributed by atoms with van der Waals surface area (Å²) in [4.78, 5) is 11.2. The van der Waals surface area contributed by atoms with E-state index in [-0.39, 0.29) is 5.92 Å². The maximum absolute atomic E-state index is 11.2. The third-order valence-electron chi connectivity index (χ3n) is 3.61. The zero-order valence-electron chi connectivity index (χ0n) is 11.1. The van der Waals surface area contributed by atoms with E-state index >= 15 is 0 Å². The average molecular weight is 271 g/mol. The number of aliphatic carboxylic acids is 1. The topological polar surface area (TPSA) is 67.2 Å². The molecule has 0 saturated heterocycles. The van der Waals surface area contributed by atoms with Crippen LogP contribution < -0.4 is 5.32 Å². The van der Waals surface area contributed by atoms with Gasteiger partial charge in [-0.25, -0.2) is 4.68 Å². The number of aromatic nitrogens is 2. The fourth-order valence-corrected chi connectivity index (χ4v) is 2.40. The Labute approximate surface area is 117 Å². The van der Waals surface area contributed by atoms with Crippen molar-refractivity contribution in [2.75, 3.05) is 0 Å². The van der Waals surface area contributed by atoms with Gasteiger partial charge in [0.1, 0.15) is 6.04 Å². The van der Waals surface area contributed by atoms with E-state index in [0.717, 1.165) is 24.1 Å². The maximum Gasteiger partial charge on any atom is 0.320 e. The molecule has 1 atom stereocenters. The molecular formula is C15H17N3O2. The Morgan fingerprint density at radius 1 is 1.40 bits per heavy atom. The van der Waals surface area contributed by atoms with Crippen molar-refractivity contribution in [2.24, 2.45) is 5.92 Å². The molecule has 1 fully saturated rings. The lowest BCUT2D eigenvalue weighted by molar-refractivity contribution is -0.140. The van der Waals surface area contributed by atoms with Gasteiger partial charge in [-0.15, -0.1) is 0 Å². The molecule has 2 aromatic rings. The number of carbonyl (C=O) groups is 1. The maximum atomic E-state index is 11.2. The molecule has 0 radical (unpaired) electrons. The van der Waals surface area contributed by atoms with Gasteiger partial charge >= 0.3 is 5.97 Å². The average Bonchev–Trinajstić information content (AvgIpc) is 3.13. The predicted molar refractivity (Wildman–Crippen MR) is 74.6 cm³/mol. The molecule has 1 saturated carbocycles. The highest BCUT2D eigenvalue weighted by Gasteiger charge is 2.35. The second-order valence-corrected chi connectivity index (χ2v) is 5.11. The van der Waals surface area contributed by atoms with Crippen LogP contribution in [0.3, 0.4) is 0 Å². The first-order valence-corrected chi connectivity index (χ1v) is 6.80. The van der Waals surface area contributed by atoms with Crippen LogP contribution in [0.25, 0.3) is 5.69 Å². The zero-order chi connectivity index (χ0) is 13.9. The summed E-state index contributed by atoms with van der Waals surface area (Å²) in [5.41, 5.74) is 2.02. The SMILES string of the molecule is O=C(O)C(NCc1ccccc1-n1cccn1)C1CC1. The standard InChI is InChI=1S/C15H17N3O2/c19-15(20)14(11-6-7-11)16-10-12-4-1-2-5-13(12)18-9-3-8-17-18/h1-5,8-9,11,14,16H,6-7,10H2,(H,19,20). The van der Waals surface area contributed by atoms with Crippen molar-refractivity contribution < 1.29 is 9.90 Å². The van der Waals surface area contributed by atoms with E-state index in [9.17, 15) is 9.90 Å². The summed E-state index contributed by atoms with van der Waals surface area (Å²) in [5.74, 6) is -0.478. The summed E-state index contributed by atoms with van der Waals surface area (Å²) in [6, 6.07) is 9.31. The Kier molecular flexibility index (Phi) is 3.52. The van der Waals surface area contributed by atoms with Crippen molar-refractivity contribution in [1.82, 2.24) is 15.1 Å². The number of hydrogen-bond acceptors (Lipinski definition) is 3. The zero-order valence-corrected chi connectivity index (χ0v) is 11.1. The molecule has 104 valence electrons. The number of carboxylic acid groups (broad SMARTS) is 1. The Balaban J connectivity index is 1.76. The summed E-state index contributed by atoms with van der Waals surface area (Å²) >= 11 is 0. The first-order chi connectivity index (χ1) is 9.75. The second kappa shape index (κ2) is 5.46. The summed E-state index contributed by atoms with van der Waals surface area (Å²) in [7, 11) is 0. The van der Waals surface area contributed by atoms with Gasteiger partial charge in [-0.3, -0.25) is 10.1 Å². The fraction of sp³-hybridized carbons (Fsp3) is 0.333. The van der Waals surface area contributed by atoms with E-state index in [0.29, 0.717) is 6.54 Å². The van der Waals surface area contributed by atoms with Gasteiger partial charge in [0.25, 0.3) is 0 Å². The van der Waals surface area contributed by atoms with Crippen LogP contribution in [0.15, 0.2) is 42.7 Å². The van der Waals surface area contributed by atoms with Crippen molar-refractivity contribution in [1.29, 1.82) is 0 Å². The Morgan fingerprint density at radius 3 is 2.85 bits per heavy atom. The molecule has 1 aliphatic rings. The van der Waals surface area contributed by atoms with Gasteiger partial charge in [0.2, 0.25) is 0 Å². The first kappa shape index (κ1) is 12.9. The van der Waals surface area contributed by atoms with Gasteiger partial charge in [-0.1, -0.05) is 18.2 Å². The molecule has 1 aliphatic carbocycles. The van der Waals surface area contributed by atoms with Crippen molar-refractivity contribution in [2.45, 2.75) is 25.4 Å². The lowest BCUT2D eigenvalue weighted by atomic mass is 10.1. The Hall–Kier alpha value is -2.14. The number of para-hydroxylation sites is 1. The summed E-state index contributed by atoms with van der Waals surface area (Å²) in [6.07, 6.45) is 5.62. The van der Waals surface area contributed by atoms with Crippen LogP contribution in [-0.2, 0) is 11.3 Å². The highest BCUT2D eigenvalue weighted by molar-refractivity contribution is 5.74. The molecule has 1 aromatic heterocycles. The van der Waals surface area contributed by atoms with Crippen LogP contribution >= 0.6 is 0 Å². The van der Waals surface area contributed by atoms with Crippen molar-refractivity contribution in [3.05, 3.63) is 48.3 Å². The van der Waals surface area contributed by atoms with Gasteiger partial charge < -0.3 is 5.11 Å². The van der Waals surface area contributed by atoms with E-state index in [1.165, 1.54) is 0 Å². The van der Waals surface area contributed by atoms with E-state index < -0.39 is 12.0 Å². The van der Waals surface area contributed by atoms with E-state index in [1.807, 2.05) is 36.5 Å². The summed E-state index contributed by atoms with van der Waals surface area (Å²) < 4.78 is 1.80. The third-order valence-corrected chi connectivity index (χ3v) is 3.61. The number of carboxylic acids is 1. The first-order valence-electron chi connectivity index (χ1n) is 6.80. The minimum absolute atomic E-state index is 0.282. The highest BCUT2D eigenvalue weighted by Crippen LogP contribution is 2.33. The van der Waals surface area contributed by atoms with Crippen LogP contribution in [0.5, 0.6) is 0 Å². The second-order valence-electron chi connectivity index (χ2n) is 5.11. The molecule has 1 heterocycles. The van der Waals surface area contributed by atoms with E-state index in [2.05, 4.69) is 10.4 Å². The van der Waals surface area contributed by atoms with Crippen LogP contribution in [0.1, 0.15) is 18.4 Å². The minimum atomic E-state index is -0.760. The monoisotopic (exact) mass is 271 g/mol. The van der Waals surface area contributed by atoms with Crippen LogP contribution in [0.4, 0.5) is 0 Å². The fourth-order valence-electron chi connectivity index (χ4n) is 2.40. The molecule has 0 bridgehead atoms. The molecule has 0 spiro atoms. The van der Waals surface area contributed by atoms with Crippen LogP contribution in [0, 0.1) is 5.92 Å². The molecule has 0 amide bonds. The number of nitrogens with zero attached hydrogens (tertiary/aromatic N) is 2. The van der Waals surface area contributed by atoms with Crippen LogP contribution in [0.2, 0.25) is 0 Å². The third kappa shape index (κ3) is 2.72. The lowest BCUT2D eigenvalue weighted by Gasteiger charge is -2.15. The Morgan fingerprint density at radius 2 is 2.20 bits per heavy atom. The number of nitrogens with one attached hydrogen (secondary N) is 1. The summed E-state index contributed by atoms with van der Waals surface area (Å²) in [6.45, 7) is 0.531. The molecule has 1 aromatic carbocycles. The van der Waals surface area contributed by atoms with E-state index in [1.54, 1.807) is 10.9 Å². The van der Waals surface area contributed by atoms with Crippen molar-refractivity contribution in [3.63, 3.8) is 0 Å². The minimum Gasteiger partial charge on any atom is -0.480 e. The lowest BCUT2D eigenvalue weighted by Crippen LogP contribution is -2.38. The van der Waals surface area contributed by atoms with Crippen molar-refractivity contribution in [3.8, 4) is 5.69 Å². The molecular weight excluding hydrogens is 254 g/mol. The van der Waals surface area contributed by atoms with E-state index in [4.69, 9.17) is 0 Å². The van der Waals surface area contributed by atoms with Gasteiger partial charge in [0, 0.05) is 18.9 Å². The van der Waals surface area contributed by atoms with Crippen molar-refractivity contribution >= 4 is 5.97 Å². The molecule has 3 rings (SSSR count). The molecule has 1 unspecified atom stereocenters. The Bertz CT molecular complexity index is 591. The quantitative estimate of drug-likeness (QED) is 0.841. The number of benzene rings is 1. The molecule has 20 heavy (non-hydrogen) atoms. The largest absolute Gasteiger partial charge is 0.480 e.